The zero-order valence-electron chi connectivity index (χ0n) is 13.2. The highest BCUT2D eigenvalue weighted by Gasteiger charge is 2.29. The summed E-state index contributed by atoms with van der Waals surface area (Å²) in [5.41, 5.74) is 2.48. The van der Waals surface area contributed by atoms with Gasteiger partial charge in [0, 0.05) is 12.0 Å². The van der Waals surface area contributed by atoms with Gasteiger partial charge in [-0.05, 0) is 18.1 Å². The number of nitrogens with zero attached hydrogens (tertiary/aromatic N) is 2. The van der Waals surface area contributed by atoms with Gasteiger partial charge in [-0.2, -0.15) is 0 Å². The number of aromatic nitrogens is 1. The van der Waals surface area contributed by atoms with Crippen LogP contribution in [0.1, 0.15) is 26.0 Å². The van der Waals surface area contributed by atoms with E-state index in [1.807, 2.05) is 44.2 Å². The van der Waals surface area contributed by atoms with E-state index in [-0.39, 0.29) is 11.8 Å². The largest absolute Gasteiger partial charge is 0.444 e. The Morgan fingerprint density at radius 2 is 2.13 bits per heavy atom. The van der Waals surface area contributed by atoms with E-state index in [1.54, 1.807) is 6.26 Å². The minimum absolute atomic E-state index is 0.186. The first-order valence-electron chi connectivity index (χ1n) is 7.63. The third kappa shape index (κ3) is 3.59. The molecule has 0 spiro atoms. The Bertz CT molecular complexity index is 707. The van der Waals surface area contributed by atoms with Crippen LogP contribution in [0.25, 0.3) is 11.5 Å². The van der Waals surface area contributed by atoms with Gasteiger partial charge in [-0.1, -0.05) is 37.2 Å². The number of oxime groups is 1. The van der Waals surface area contributed by atoms with Crippen LogP contribution in [-0.4, -0.2) is 22.7 Å². The number of carbonyl (C=O) groups is 1. The van der Waals surface area contributed by atoms with E-state index in [2.05, 4.69) is 15.5 Å². The summed E-state index contributed by atoms with van der Waals surface area (Å²) in [5.74, 6) is 0.642. The molecule has 0 fully saturated rings. The van der Waals surface area contributed by atoms with Crippen molar-refractivity contribution >= 4 is 11.6 Å². The number of amides is 1. The molecule has 0 radical (unpaired) electrons. The van der Waals surface area contributed by atoms with Crippen molar-refractivity contribution in [3.8, 4) is 11.5 Å². The summed E-state index contributed by atoms with van der Waals surface area (Å²) >= 11 is 0. The van der Waals surface area contributed by atoms with E-state index in [0.717, 1.165) is 11.3 Å². The van der Waals surface area contributed by atoms with E-state index in [9.17, 15) is 4.79 Å². The molecule has 2 aromatic rings. The highest BCUT2D eigenvalue weighted by molar-refractivity contribution is 5.93. The van der Waals surface area contributed by atoms with Crippen molar-refractivity contribution < 1.29 is 14.0 Å². The van der Waals surface area contributed by atoms with Gasteiger partial charge < -0.3 is 14.6 Å². The maximum Gasteiger partial charge on any atom is 0.264 e. The average molecular weight is 313 g/mol. The Labute approximate surface area is 134 Å². The van der Waals surface area contributed by atoms with E-state index in [4.69, 9.17) is 9.25 Å². The van der Waals surface area contributed by atoms with Crippen molar-refractivity contribution in [3.05, 3.63) is 42.3 Å². The van der Waals surface area contributed by atoms with Crippen LogP contribution < -0.4 is 5.32 Å². The zero-order valence-corrected chi connectivity index (χ0v) is 13.2. The van der Waals surface area contributed by atoms with Crippen molar-refractivity contribution in [2.24, 2.45) is 11.1 Å². The number of benzene rings is 1. The second-order valence-corrected chi connectivity index (χ2v) is 5.76. The molecule has 6 nitrogen and oxygen atoms in total. The topological polar surface area (TPSA) is 76.7 Å². The van der Waals surface area contributed by atoms with Crippen molar-refractivity contribution in [2.75, 3.05) is 0 Å². The van der Waals surface area contributed by atoms with Crippen LogP contribution >= 0.6 is 0 Å². The van der Waals surface area contributed by atoms with Crippen LogP contribution in [0.15, 0.2) is 46.2 Å². The highest BCUT2D eigenvalue weighted by atomic mass is 16.6. The highest BCUT2D eigenvalue weighted by Crippen LogP contribution is 2.18. The first-order valence-corrected chi connectivity index (χ1v) is 7.63. The molecule has 23 heavy (non-hydrogen) atoms. The second-order valence-electron chi connectivity index (χ2n) is 5.76. The fourth-order valence-electron chi connectivity index (χ4n) is 2.27. The second kappa shape index (κ2) is 6.64. The SMILES string of the molecule is CC(C)C1=NOC(C(=O)NCc2coc(-c3ccccc3)n2)C1. The van der Waals surface area contributed by atoms with Crippen LogP contribution in [0.5, 0.6) is 0 Å². The summed E-state index contributed by atoms with van der Waals surface area (Å²) in [4.78, 5) is 21.7. The van der Waals surface area contributed by atoms with Crippen LogP contribution in [-0.2, 0) is 16.2 Å². The fourth-order valence-corrected chi connectivity index (χ4v) is 2.27. The standard InChI is InChI=1S/C17H19N3O3/c1-11(2)14-8-15(23-20-14)16(21)18-9-13-10-22-17(19-13)12-6-4-3-5-7-12/h3-7,10-11,15H,8-9H2,1-2H3,(H,18,21). The van der Waals surface area contributed by atoms with E-state index in [0.29, 0.717) is 24.6 Å². The number of rotatable bonds is 5. The van der Waals surface area contributed by atoms with E-state index in [1.165, 1.54) is 0 Å². The molecule has 1 aliphatic heterocycles. The molecule has 0 saturated heterocycles. The Morgan fingerprint density at radius 1 is 1.35 bits per heavy atom. The normalized spacial score (nSPS) is 17.0. The zero-order chi connectivity index (χ0) is 16.2. The number of hydrogen-bond acceptors (Lipinski definition) is 5. The summed E-state index contributed by atoms with van der Waals surface area (Å²) in [6.07, 6.45) is 1.54. The van der Waals surface area contributed by atoms with Gasteiger partial charge in [-0.15, -0.1) is 0 Å². The molecule has 0 bridgehead atoms. The third-order valence-corrected chi connectivity index (χ3v) is 3.67. The predicted molar refractivity (Wildman–Crippen MR) is 85.5 cm³/mol. The summed E-state index contributed by atoms with van der Waals surface area (Å²) in [6, 6.07) is 9.62. The lowest BCUT2D eigenvalue weighted by molar-refractivity contribution is -0.131. The minimum atomic E-state index is -0.548. The van der Waals surface area contributed by atoms with Gasteiger partial charge in [0.05, 0.1) is 18.0 Å². The van der Waals surface area contributed by atoms with Crippen molar-refractivity contribution in [1.82, 2.24) is 10.3 Å². The lowest BCUT2D eigenvalue weighted by Gasteiger charge is -2.08. The van der Waals surface area contributed by atoms with Gasteiger partial charge >= 0.3 is 0 Å². The van der Waals surface area contributed by atoms with Gasteiger partial charge in [0.2, 0.25) is 12.0 Å². The van der Waals surface area contributed by atoms with E-state index < -0.39 is 6.10 Å². The molecule has 1 aromatic carbocycles. The molecular weight excluding hydrogens is 294 g/mol. The molecule has 120 valence electrons. The van der Waals surface area contributed by atoms with Crippen molar-refractivity contribution in [1.29, 1.82) is 0 Å². The number of nitrogens with one attached hydrogen (secondary N) is 1. The summed E-state index contributed by atoms with van der Waals surface area (Å²) in [7, 11) is 0. The first kappa shape index (κ1) is 15.3. The summed E-state index contributed by atoms with van der Waals surface area (Å²) in [5, 5.41) is 6.76. The molecule has 6 heteroatoms. The maximum absolute atomic E-state index is 12.1. The van der Waals surface area contributed by atoms with Crippen molar-refractivity contribution in [2.45, 2.75) is 32.9 Å². The van der Waals surface area contributed by atoms with Gasteiger partial charge in [0.1, 0.15) is 6.26 Å². The molecule has 1 aliphatic rings. The predicted octanol–water partition coefficient (Wildman–Crippen LogP) is 2.76. The lowest BCUT2D eigenvalue weighted by Crippen LogP contribution is -2.34. The maximum atomic E-state index is 12.1. The number of hydrogen-bond donors (Lipinski definition) is 1. The minimum Gasteiger partial charge on any atom is -0.444 e. The molecule has 2 heterocycles. The molecule has 0 saturated carbocycles. The quantitative estimate of drug-likeness (QED) is 0.921. The Morgan fingerprint density at radius 3 is 2.83 bits per heavy atom. The first-order chi connectivity index (χ1) is 11.1. The monoisotopic (exact) mass is 313 g/mol. The molecule has 0 aliphatic carbocycles. The smallest absolute Gasteiger partial charge is 0.264 e. The fraction of sp³-hybridized carbons (Fsp3) is 0.353. The number of oxazole rings is 1. The number of carbonyl (C=O) groups excluding carboxylic acids is 1. The molecule has 1 unspecified atom stereocenters. The van der Waals surface area contributed by atoms with Crippen molar-refractivity contribution in [3.63, 3.8) is 0 Å². The molecular formula is C17H19N3O3. The van der Waals surface area contributed by atoms with Gasteiger partial charge in [0.25, 0.3) is 5.91 Å². The third-order valence-electron chi connectivity index (χ3n) is 3.67. The Balaban J connectivity index is 1.53. The van der Waals surface area contributed by atoms with Crippen LogP contribution in [0, 0.1) is 5.92 Å². The molecule has 1 aromatic heterocycles. The van der Waals surface area contributed by atoms with Crippen LogP contribution in [0.4, 0.5) is 0 Å². The van der Waals surface area contributed by atoms with E-state index >= 15 is 0 Å². The molecule has 1 atom stereocenters. The Kier molecular flexibility index (Phi) is 4.41. The molecule has 1 amide bonds. The Hall–Kier alpha value is -2.63. The average Bonchev–Trinajstić information content (AvgIpc) is 3.23. The molecule has 3 rings (SSSR count). The van der Waals surface area contributed by atoms with Crippen LogP contribution in [0.2, 0.25) is 0 Å². The summed E-state index contributed by atoms with van der Waals surface area (Å²) < 4.78 is 5.44. The van der Waals surface area contributed by atoms with Gasteiger partial charge in [-0.3, -0.25) is 4.79 Å². The lowest BCUT2D eigenvalue weighted by atomic mass is 10.0. The molecule has 1 N–H and O–H groups in total. The van der Waals surface area contributed by atoms with Gasteiger partial charge in [-0.25, -0.2) is 4.98 Å². The van der Waals surface area contributed by atoms with Crippen LogP contribution in [0.3, 0.4) is 0 Å². The van der Waals surface area contributed by atoms with Gasteiger partial charge in [0.15, 0.2) is 0 Å². The summed E-state index contributed by atoms with van der Waals surface area (Å²) in [6.45, 7) is 4.36.